The van der Waals surface area contributed by atoms with E-state index in [1.165, 1.54) is 11.8 Å². The minimum Gasteiger partial charge on any atom is -0.492 e. The van der Waals surface area contributed by atoms with Gasteiger partial charge in [0, 0.05) is 5.56 Å². The van der Waals surface area contributed by atoms with Gasteiger partial charge in [0.05, 0.1) is 23.7 Å². The summed E-state index contributed by atoms with van der Waals surface area (Å²) in [5, 5.41) is 12.0. The second kappa shape index (κ2) is 9.01. The van der Waals surface area contributed by atoms with Crippen LogP contribution in [0.4, 0.5) is 5.69 Å². The van der Waals surface area contributed by atoms with Crippen LogP contribution in [0.15, 0.2) is 71.8 Å². The number of thioether (sulfide) groups is 1. The first-order valence-corrected chi connectivity index (χ1v) is 9.28. The van der Waals surface area contributed by atoms with Crippen LogP contribution < -0.4 is 10.1 Å². The Hall–Kier alpha value is -2.86. The highest BCUT2D eigenvalue weighted by Crippen LogP contribution is 2.24. The maximum Gasteiger partial charge on any atom is 0.234 e. The molecular formula is C20H19N3O2S. The molecule has 2 aromatic carbocycles. The molecule has 1 N–H and O–H groups in total. The SMILES string of the molecule is CCOc1ccccc1NC(=O)CSc1ccc(-c2ccccc2)nn1. The molecule has 6 heteroatoms. The van der Waals surface area contributed by atoms with Crippen LogP contribution in [-0.4, -0.2) is 28.5 Å². The molecule has 0 aliphatic carbocycles. The normalized spacial score (nSPS) is 10.3. The Kier molecular flexibility index (Phi) is 6.22. The van der Waals surface area contributed by atoms with Crippen molar-refractivity contribution >= 4 is 23.4 Å². The van der Waals surface area contributed by atoms with E-state index in [9.17, 15) is 4.79 Å². The predicted molar refractivity (Wildman–Crippen MR) is 104 cm³/mol. The van der Waals surface area contributed by atoms with E-state index >= 15 is 0 Å². The molecule has 0 saturated carbocycles. The van der Waals surface area contributed by atoms with E-state index in [-0.39, 0.29) is 11.7 Å². The first-order chi connectivity index (χ1) is 12.8. The summed E-state index contributed by atoms with van der Waals surface area (Å²) in [5.74, 6) is 0.802. The Balaban J connectivity index is 1.56. The van der Waals surface area contributed by atoms with E-state index in [1.807, 2.05) is 73.7 Å². The number of aromatic nitrogens is 2. The van der Waals surface area contributed by atoms with Crippen molar-refractivity contribution in [3.8, 4) is 17.0 Å². The van der Waals surface area contributed by atoms with Gasteiger partial charge in [-0.05, 0) is 31.2 Å². The lowest BCUT2D eigenvalue weighted by Crippen LogP contribution is -2.15. The van der Waals surface area contributed by atoms with E-state index in [2.05, 4.69) is 15.5 Å². The number of carbonyl (C=O) groups is 1. The summed E-state index contributed by atoms with van der Waals surface area (Å²) >= 11 is 1.34. The quantitative estimate of drug-likeness (QED) is 0.633. The van der Waals surface area contributed by atoms with Gasteiger partial charge in [0.15, 0.2) is 0 Å². The molecule has 0 bridgehead atoms. The molecule has 0 atom stereocenters. The van der Waals surface area contributed by atoms with Crippen LogP contribution in [0.25, 0.3) is 11.3 Å². The molecule has 0 saturated heterocycles. The first-order valence-electron chi connectivity index (χ1n) is 8.30. The summed E-state index contributed by atoms with van der Waals surface area (Å²) in [6, 6.07) is 21.0. The molecule has 5 nitrogen and oxygen atoms in total. The van der Waals surface area contributed by atoms with Crippen LogP contribution in [0.2, 0.25) is 0 Å². The average Bonchev–Trinajstić information content (AvgIpc) is 2.69. The second-order valence-electron chi connectivity index (χ2n) is 5.39. The molecule has 0 spiro atoms. The van der Waals surface area contributed by atoms with Gasteiger partial charge in [-0.2, -0.15) is 0 Å². The maximum absolute atomic E-state index is 12.2. The summed E-state index contributed by atoms with van der Waals surface area (Å²) < 4.78 is 5.51. The highest BCUT2D eigenvalue weighted by molar-refractivity contribution is 7.99. The summed E-state index contributed by atoms with van der Waals surface area (Å²) in [4.78, 5) is 12.2. The summed E-state index contributed by atoms with van der Waals surface area (Å²) in [5.41, 5.74) is 2.50. The van der Waals surface area contributed by atoms with Crippen LogP contribution >= 0.6 is 11.8 Å². The molecule has 132 valence electrons. The standard InChI is InChI=1S/C20H19N3O2S/c1-2-25-18-11-7-6-10-17(18)21-19(24)14-26-20-13-12-16(22-23-20)15-8-4-3-5-9-15/h3-13H,2,14H2,1H3,(H,21,24). The van der Waals surface area contributed by atoms with Crippen LogP contribution in [0.5, 0.6) is 5.75 Å². The predicted octanol–water partition coefficient (Wildman–Crippen LogP) is 4.27. The Labute approximate surface area is 156 Å². The van der Waals surface area contributed by atoms with Gasteiger partial charge in [0.2, 0.25) is 5.91 Å². The third-order valence-electron chi connectivity index (χ3n) is 3.52. The lowest BCUT2D eigenvalue weighted by Gasteiger charge is -2.10. The largest absolute Gasteiger partial charge is 0.492 e. The number of hydrogen-bond acceptors (Lipinski definition) is 5. The number of nitrogens with zero attached hydrogens (tertiary/aromatic N) is 2. The van der Waals surface area contributed by atoms with E-state index in [4.69, 9.17) is 4.74 Å². The van der Waals surface area contributed by atoms with Gasteiger partial charge in [-0.25, -0.2) is 0 Å². The number of ether oxygens (including phenoxy) is 1. The van der Waals surface area contributed by atoms with Crippen molar-refractivity contribution in [2.45, 2.75) is 11.9 Å². The number of nitrogens with one attached hydrogen (secondary N) is 1. The number of benzene rings is 2. The zero-order valence-electron chi connectivity index (χ0n) is 14.4. The van der Waals surface area contributed by atoms with Gasteiger partial charge in [-0.15, -0.1) is 10.2 Å². The third-order valence-corrected chi connectivity index (χ3v) is 4.44. The van der Waals surface area contributed by atoms with Crippen molar-refractivity contribution < 1.29 is 9.53 Å². The van der Waals surface area contributed by atoms with Crippen molar-refractivity contribution in [3.63, 3.8) is 0 Å². The number of para-hydroxylation sites is 2. The molecule has 1 heterocycles. The summed E-state index contributed by atoms with van der Waals surface area (Å²) in [6.45, 7) is 2.46. The lowest BCUT2D eigenvalue weighted by molar-refractivity contribution is -0.113. The number of hydrogen-bond donors (Lipinski definition) is 1. The molecule has 0 aliphatic heterocycles. The number of anilines is 1. The highest BCUT2D eigenvalue weighted by Gasteiger charge is 2.09. The number of carbonyl (C=O) groups excluding carboxylic acids is 1. The van der Waals surface area contributed by atoms with Crippen molar-refractivity contribution in [2.24, 2.45) is 0 Å². The second-order valence-corrected chi connectivity index (χ2v) is 6.38. The van der Waals surface area contributed by atoms with Crippen molar-refractivity contribution in [1.29, 1.82) is 0 Å². The van der Waals surface area contributed by atoms with Crippen LogP contribution in [0.1, 0.15) is 6.92 Å². The van der Waals surface area contributed by atoms with Crippen LogP contribution in [-0.2, 0) is 4.79 Å². The van der Waals surface area contributed by atoms with Crippen molar-refractivity contribution in [1.82, 2.24) is 10.2 Å². The van der Waals surface area contributed by atoms with E-state index in [0.29, 0.717) is 23.1 Å². The lowest BCUT2D eigenvalue weighted by atomic mass is 10.1. The zero-order valence-corrected chi connectivity index (χ0v) is 15.2. The molecule has 0 radical (unpaired) electrons. The molecule has 1 aromatic heterocycles. The maximum atomic E-state index is 12.2. The fourth-order valence-corrected chi connectivity index (χ4v) is 2.95. The number of rotatable bonds is 7. The third kappa shape index (κ3) is 4.83. The van der Waals surface area contributed by atoms with Gasteiger partial charge >= 0.3 is 0 Å². The van der Waals surface area contributed by atoms with Gasteiger partial charge in [-0.1, -0.05) is 54.2 Å². The zero-order chi connectivity index (χ0) is 18.2. The van der Waals surface area contributed by atoms with E-state index in [1.54, 1.807) is 0 Å². The Bertz CT molecular complexity index is 854. The topological polar surface area (TPSA) is 64.1 Å². The smallest absolute Gasteiger partial charge is 0.234 e. The molecule has 0 unspecified atom stereocenters. The summed E-state index contributed by atoms with van der Waals surface area (Å²) in [7, 11) is 0. The van der Waals surface area contributed by atoms with Crippen LogP contribution in [0, 0.1) is 0 Å². The molecule has 1 amide bonds. The molecule has 0 aliphatic rings. The fraction of sp³-hybridized carbons (Fsp3) is 0.150. The molecule has 3 rings (SSSR count). The van der Waals surface area contributed by atoms with Gasteiger partial charge in [0.25, 0.3) is 0 Å². The molecule has 0 fully saturated rings. The monoisotopic (exact) mass is 365 g/mol. The minimum absolute atomic E-state index is 0.115. The van der Waals surface area contributed by atoms with Gasteiger partial charge in [0.1, 0.15) is 10.8 Å². The first kappa shape index (κ1) is 17.9. The molecule has 3 aromatic rings. The fourth-order valence-electron chi connectivity index (χ4n) is 2.34. The number of amides is 1. The highest BCUT2D eigenvalue weighted by atomic mass is 32.2. The Morgan fingerprint density at radius 3 is 2.50 bits per heavy atom. The van der Waals surface area contributed by atoms with E-state index < -0.39 is 0 Å². The summed E-state index contributed by atoms with van der Waals surface area (Å²) in [6.07, 6.45) is 0. The molecule has 26 heavy (non-hydrogen) atoms. The molecular weight excluding hydrogens is 346 g/mol. The minimum atomic E-state index is -0.115. The van der Waals surface area contributed by atoms with Crippen molar-refractivity contribution in [3.05, 3.63) is 66.7 Å². The average molecular weight is 365 g/mol. The van der Waals surface area contributed by atoms with Crippen LogP contribution in [0.3, 0.4) is 0 Å². The van der Waals surface area contributed by atoms with Gasteiger partial charge < -0.3 is 10.1 Å². The van der Waals surface area contributed by atoms with E-state index in [0.717, 1.165) is 11.3 Å². The Morgan fingerprint density at radius 2 is 1.77 bits per heavy atom. The van der Waals surface area contributed by atoms with Crippen molar-refractivity contribution in [2.75, 3.05) is 17.7 Å². The van der Waals surface area contributed by atoms with Gasteiger partial charge in [-0.3, -0.25) is 4.79 Å². The Morgan fingerprint density at radius 1 is 1.00 bits per heavy atom.